The van der Waals surface area contributed by atoms with Crippen molar-refractivity contribution in [1.29, 1.82) is 0 Å². The van der Waals surface area contributed by atoms with Gasteiger partial charge in [-0.1, -0.05) is 6.92 Å². The van der Waals surface area contributed by atoms with Crippen LogP contribution in [0, 0.1) is 0 Å². The van der Waals surface area contributed by atoms with E-state index in [9.17, 15) is 4.79 Å². The maximum atomic E-state index is 11.6. The van der Waals surface area contributed by atoms with E-state index >= 15 is 0 Å². The van der Waals surface area contributed by atoms with E-state index in [1.54, 1.807) is 4.68 Å². The van der Waals surface area contributed by atoms with E-state index in [-0.39, 0.29) is 11.4 Å². The van der Waals surface area contributed by atoms with Gasteiger partial charge in [0.1, 0.15) is 11.2 Å². The summed E-state index contributed by atoms with van der Waals surface area (Å²) in [5, 5.41) is 4.62. The van der Waals surface area contributed by atoms with Crippen molar-refractivity contribution < 1.29 is 0 Å². The molecule has 0 saturated heterocycles. The Morgan fingerprint density at radius 2 is 2.40 bits per heavy atom. The Balaban J connectivity index is 2.67. The number of aromatic amines is 1. The molecule has 0 atom stereocenters. The van der Waals surface area contributed by atoms with E-state index in [0.717, 1.165) is 13.0 Å². The summed E-state index contributed by atoms with van der Waals surface area (Å²) in [6.07, 6.45) is 2.48. The monoisotopic (exact) mass is 226 g/mol. The molecule has 0 fully saturated rings. The number of aromatic nitrogens is 4. The molecular weight excluding hydrogens is 216 g/mol. The Morgan fingerprint density at radius 1 is 1.60 bits per heavy atom. The normalized spacial score (nSPS) is 11.1. The van der Waals surface area contributed by atoms with Crippen molar-refractivity contribution >= 4 is 22.6 Å². The summed E-state index contributed by atoms with van der Waals surface area (Å²) < 4.78 is 1.72. The molecule has 0 unspecified atom stereocenters. The molecule has 6 heteroatoms. The van der Waals surface area contributed by atoms with Crippen LogP contribution in [0.5, 0.6) is 0 Å². The zero-order valence-electron chi connectivity index (χ0n) is 8.33. The number of nitrogens with zero attached hydrogens (tertiary/aromatic N) is 3. The second kappa shape index (κ2) is 4.02. The summed E-state index contributed by atoms with van der Waals surface area (Å²) in [5.41, 5.74) is 0.425. The number of alkyl halides is 1. The van der Waals surface area contributed by atoms with Crippen LogP contribution in [0.25, 0.3) is 11.0 Å². The summed E-state index contributed by atoms with van der Waals surface area (Å²) in [6.45, 7) is 2.80. The SMILES string of the molecule is CCCn1ncc2c(=O)[nH]c(CCl)nc21. The average molecular weight is 227 g/mol. The summed E-state index contributed by atoms with van der Waals surface area (Å²) in [7, 11) is 0. The van der Waals surface area contributed by atoms with Crippen molar-refractivity contribution in [2.24, 2.45) is 0 Å². The zero-order chi connectivity index (χ0) is 10.8. The van der Waals surface area contributed by atoms with Gasteiger partial charge in [-0.3, -0.25) is 4.79 Å². The van der Waals surface area contributed by atoms with Crippen LogP contribution in [-0.2, 0) is 12.4 Å². The first kappa shape index (κ1) is 10.2. The van der Waals surface area contributed by atoms with E-state index in [0.29, 0.717) is 16.9 Å². The van der Waals surface area contributed by atoms with Gasteiger partial charge >= 0.3 is 0 Å². The molecule has 0 saturated carbocycles. The van der Waals surface area contributed by atoms with Crippen molar-refractivity contribution in [3.63, 3.8) is 0 Å². The molecule has 2 heterocycles. The number of nitrogens with one attached hydrogen (secondary N) is 1. The van der Waals surface area contributed by atoms with Gasteiger partial charge in [-0.15, -0.1) is 11.6 Å². The molecule has 0 aliphatic heterocycles. The minimum Gasteiger partial charge on any atom is -0.309 e. The zero-order valence-corrected chi connectivity index (χ0v) is 9.08. The van der Waals surface area contributed by atoms with Gasteiger partial charge in [-0.25, -0.2) is 9.67 Å². The van der Waals surface area contributed by atoms with Crippen molar-refractivity contribution in [2.45, 2.75) is 25.8 Å². The molecule has 80 valence electrons. The highest BCUT2D eigenvalue weighted by Gasteiger charge is 2.08. The fourth-order valence-corrected chi connectivity index (χ4v) is 1.58. The first-order valence-corrected chi connectivity index (χ1v) is 5.30. The molecule has 2 aromatic rings. The summed E-state index contributed by atoms with van der Waals surface area (Å²) >= 11 is 5.63. The number of fused-ring (bicyclic) bond motifs is 1. The van der Waals surface area contributed by atoms with Gasteiger partial charge in [0, 0.05) is 6.54 Å². The second-order valence-corrected chi connectivity index (χ2v) is 3.52. The number of halogens is 1. The molecule has 0 aromatic carbocycles. The van der Waals surface area contributed by atoms with Gasteiger partial charge in [0.05, 0.1) is 12.1 Å². The van der Waals surface area contributed by atoms with Gasteiger partial charge in [0.25, 0.3) is 5.56 Å². The number of hydrogen-bond donors (Lipinski definition) is 1. The number of H-pyrrole nitrogens is 1. The molecule has 0 bridgehead atoms. The minimum absolute atomic E-state index is 0.182. The van der Waals surface area contributed by atoms with Crippen LogP contribution >= 0.6 is 11.6 Å². The van der Waals surface area contributed by atoms with Gasteiger partial charge < -0.3 is 4.98 Å². The van der Waals surface area contributed by atoms with Crippen LogP contribution in [-0.4, -0.2) is 19.7 Å². The van der Waals surface area contributed by atoms with Gasteiger partial charge in [-0.05, 0) is 6.42 Å². The third-order valence-electron chi connectivity index (χ3n) is 2.12. The molecule has 0 aliphatic carbocycles. The molecular formula is C9H11ClN4O. The predicted molar refractivity (Wildman–Crippen MR) is 58.0 cm³/mol. The molecule has 2 rings (SSSR count). The lowest BCUT2D eigenvalue weighted by molar-refractivity contribution is 0.616. The van der Waals surface area contributed by atoms with Crippen molar-refractivity contribution in [1.82, 2.24) is 19.7 Å². The van der Waals surface area contributed by atoms with Crippen LogP contribution < -0.4 is 5.56 Å². The fourth-order valence-electron chi connectivity index (χ4n) is 1.45. The predicted octanol–water partition coefficient (Wildman–Crippen LogP) is 1.27. The first-order valence-electron chi connectivity index (χ1n) is 4.77. The van der Waals surface area contributed by atoms with Crippen LogP contribution in [0.2, 0.25) is 0 Å². The molecule has 0 amide bonds. The highest BCUT2D eigenvalue weighted by atomic mass is 35.5. The largest absolute Gasteiger partial charge is 0.309 e. The second-order valence-electron chi connectivity index (χ2n) is 3.25. The maximum Gasteiger partial charge on any atom is 0.262 e. The van der Waals surface area contributed by atoms with E-state index in [4.69, 9.17) is 11.6 Å². The maximum absolute atomic E-state index is 11.6. The summed E-state index contributed by atoms with van der Waals surface area (Å²) in [4.78, 5) is 18.4. The van der Waals surface area contributed by atoms with Gasteiger partial charge in [0.15, 0.2) is 5.65 Å². The highest BCUT2D eigenvalue weighted by Crippen LogP contribution is 2.07. The smallest absolute Gasteiger partial charge is 0.262 e. The van der Waals surface area contributed by atoms with E-state index in [1.807, 2.05) is 6.92 Å². The van der Waals surface area contributed by atoms with Crippen LogP contribution in [0.4, 0.5) is 0 Å². The lowest BCUT2D eigenvalue weighted by atomic mass is 10.4. The fraction of sp³-hybridized carbons (Fsp3) is 0.444. The highest BCUT2D eigenvalue weighted by molar-refractivity contribution is 6.16. The van der Waals surface area contributed by atoms with Crippen LogP contribution in [0.1, 0.15) is 19.2 Å². The van der Waals surface area contributed by atoms with Crippen molar-refractivity contribution in [3.05, 3.63) is 22.4 Å². The standard InChI is InChI=1S/C9H11ClN4O/c1-2-3-14-8-6(5-11-14)9(15)13-7(4-10)12-8/h5H,2-4H2,1H3,(H,12,13,15). The number of rotatable bonds is 3. The number of aryl methyl sites for hydroxylation is 1. The Morgan fingerprint density at radius 3 is 3.07 bits per heavy atom. The minimum atomic E-state index is -0.182. The molecule has 0 aliphatic rings. The molecule has 2 aromatic heterocycles. The molecule has 15 heavy (non-hydrogen) atoms. The van der Waals surface area contributed by atoms with E-state index < -0.39 is 0 Å². The van der Waals surface area contributed by atoms with Crippen LogP contribution in [0.3, 0.4) is 0 Å². The lowest BCUT2D eigenvalue weighted by Crippen LogP contribution is -2.11. The summed E-state index contributed by atoms with van der Waals surface area (Å²) in [6, 6.07) is 0. The van der Waals surface area contributed by atoms with Crippen LogP contribution in [0.15, 0.2) is 11.0 Å². The van der Waals surface area contributed by atoms with E-state index in [2.05, 4.69) is 15.1 Å². The Kier molecular flexibility index (Phi) is 2.73. The molecule has 5 nitrogen and oxygen atoms in total. The van der Waals surface area contributed by atoms with Crippen molar-refractivity contribution in [2.75, 3.05) is 0 Å². The Bertz CT molecular complexity index is 530. The van der Waals surface area contributed by atoms with E-state index in [1.165, 1.54) is 6.20 Å². The van der Waals surface area contributed by atoms with Crippen molar-refractivity contribution in [3.8, 4) is 0 Å². The third-order valence-corrected chi connectivity index (χ3v) is 2.37. The summed E-state index contributed by atoms with van der Waals surface area (Å²) in [5.74, 6) is 0.676. The number of hydrogen-bond acceptors (Lipinski definition) is 3. The Hall–Kier alpha value is -1.36. The molecule has 1 N–H and O–H groups in total. The third kappa shape index (κ3) is 1.74. The molecule has 0 spiro atoms. The lowest BCUT2D eigenvalue weighted by Gasteiger charge is -2.00. The average Bonchev–Trinajstić information content (AvgIpc) is 2.63. The Labute approximate surface area is 91.1 Å². The first-order chi connectivity index (χ1) is 7.26. The molecule has 0 radical (unpaired) electrons. The van der Waals surface area contributed by atoms with Gasteiger partial charge in [-0.2, -0.15) is 5.10 Å². The quantitative estimate of drug-likeness (QED) is 0.802. The van der Waals surface area contributed by atoms with Gasteiger partial charge in [0.2, 0.25) is 0 Å². The topological polar surface area (TPSA) is 63.6 Å².